The monoisotopic (exact) mass is 456 g/mol. The highest BCUT2D eigenvalue weighted by molar-refractivity contribution is 9.10. The smallest absolute Gasteiger partial charge is 0.175 e. The van der Waals surface area contributed by atoms with Gasteiger partial charge in [0.05, 0.1) is 23.8 Å². The fourth-order valence-corrected chi connectivity index (χ4v) is 3.26. The lowest BCUT2D eigenvalue weighted by atomic mass is 10.2. The van der Waals surface area contributed by atoms with Gasteiger partial charge in [-0.1, -0.05) is 41.9 Å². The Morgan fingerprint density at radius 1 is 1.23 bits per heavy atom. The molecule has 0 saturated heterocycles. The molecule has 0 amide bonds. The summed E-state index contributed by atoms with van der Waals surface area (Å²) in [6, 6.07) is 9.15. The lowest BCUT2D eigenvalue weighted by molar-refractivity contribution is 0.295. The Bertz CT molecular complexity index is 777. The fourth-order valence-electron chi connectivity index (χ4n) is 2.15. The summed E-state index contributed by atoms with van der Waals surface area (Å²) in [6.07, 6.45) is 3.37. The minimum atomic E-state index is 0.395. The molecule has 1 N–H and O–H groups in total. The van der Waals surface area contributed by atoms with Crippen LogP contribution in [-0.2, 0) is 6.54 Å². The molecule has 4 nitrogen and oxygen atoms in total. The molecule has 0 heterocycles. The lowest BCUT2D eigenvalue weighted by Gasteiger charge is -2.13. The highest BCUT2D eigenvalue weighted by Gasteiger charge is 2.11. The minimum Gasteiger partial charge on any atom is -0.490 e. The van der Waals surface area contributed by atoms with Gasteiger partial charge >= 0.3 is 0 Å². The van der Waals surface area contributed by atoms with Crippen molar-refractivity contribution < 1.29 is 9.47 Å². The van der Waals surface area contributed by atoms with Crippen molar-refractivity contribution in [1.82, 2.24) is 5.43 Å². The van der Waals surface area contributed by atoms with Crippen LogP contribution >= 0.6 is 39.1 Å². The number of halogens is 3. The van der Waals surface area contributed by atoms with E-state index in [-0.39, 0.29) is 0 Å². The maximum absolute atomic E-state index is 6.14. The molecule has 2 rings (SSSR count). The Balaban J connectivity index is 2.10. The first-order chi connectivity index (χ1) is 12.6. The molecular weight excluding hydrogens is 439 g/mol. The number of nitrogens with one attached hydrogen (secondary N) is 1. The number of hydrazone groups is 1. The predicted molar refractivity (Wildman–Crippen MR) is 112 cm³/mol. The van der Waals surface area contributed by atoms with Crippen molar-refractivity contribution in [2.24, 2.45) is 5.10 Å². The highest BCUT2D eigenvalue weighted by Crippen LogP contribution is 2.36. The van der Waals surface area contributed by atoms with E-state index in [1.54, 1.807) is 30.5 Å². The largest absolute Gasteiger partial charge is 0.490 e. The van der Waals surface area contributed by atoms with Crippen molar-refractivity contribution in [3.63, 3.8) is 0 Å². The second kappa shape index (κ2) is 10.5. The van der Waals surface area contributed by atoms with E-state index in [1.165, 1.54) is 0 Å². The first kappa shape index (κ1) is 20.6. The van der Waals surface area contributed by atoms with Gasteiger partial charge in [-0.05, 0) is 52.7 Å². The summed E-state index contributed by atoms with van der Waals surface area (Å²) < 4.78 is 12.1. The molecule has 0 aliphatic heterocycles. The molecule has 0 bridgehead atoms. The van der Waals surface area contributed by atoms with Crippen LogP contribution in [0.2, 0.25) is 10.0 Å². The summed E-state index contributed by atoms with van der Waals surface area (Å²) in [6.45, 7) is 6.92. The zero-order chi connectivity index (χ0) is 18.9. The van der Waals surface area contributed by atoms with Crippen LogP contribution in [0.1, 0.15) is 18.1 Å². The van der Waals surface area contributed by atoms with E-state index in [4.69, 9.17) is 32.7 Å². The fraction of sp³-hybridized carbons (Fsp3) is 0.211. The zero-order valence-electron chi connectivity index (χ0n) is 14.3. The van der Waals surface area contributed by atoms with Crippen molar-refractivity contribution in [3.05, 3.63) is 68.6 Å². The highest BCUT2D eigenvalue weighted by atomic mass is 79.9. The second-order valence-electron chi connectivity index (χ2n) is 5.16. The third-order valence-electron chi connectivity index (χ3n) is 3.30. The standard InChI is InChI=1S/C19H19BrCl2N2O2/c1-3-8-26-19-15(20)9-13(10-18(19)25-4-2)11-23-24-12-14-16(21)6-5-7-17(14)22/h3,5-7,9-11,24H,1,4,8,12H2,2H3/b23-11+. The first-order valence-electron chi connectivity index (χ1n) is 7.95. The molecule has 138 valence electrons. The zero-order valence-corrected chi connectivity index (χ0v) is 17.4. The molecule has 0 aliphatic carbocycles. The van der Waals surface area contributed by atoms with Crippen molar-refractivity contribution in [2.45, 2.75) is 13.5 Å². The normalized spacial score (nSPS) is 10.8. The van der Waals surface area contributed by atoms with Gasteiger partial charge in [0.1, 0.15) is 6.61 Å². The van der Waals surface area contributed by atoms with Gasteiger partial charge in [0.15, 0.2) is 11.5 Å². The maximum Gasteiger partial charge on any atom is 0.175 e. The lowest BCUT2D eigenvalue weighted by Crippen LogP contribution is -2.07. The molecule has 7 heteroatoms. The van der Waals surface area contributed by atoms with Crippen molar-refractivity contribution in [2.75, 3.05) is 13.2 Å². The van der Waals surface area contributed by atoms with Gasteiger partial charge in [-0.3, -0.25) is 0 Å². The first-order valence-corrected chi connectivity index (χ1v) is 9.50. The van der Waals surface area contributed by atoms with Gasteiger partial charge in [-0.15, -0.1) is 0 Å². The van der Waals surface area contributed by atoms with E-state index < -0.39 is 0 Å². The van der Waals surface area contributed by atoms with Gasteiger partial charge in [-0.25, -0.2) is 0 Å². The maximum atomic E-state index is 6.14. The Morgan fingerprint density at radius 3 is 2.62 bits per heavy atom. The quantitative estimate of drug-likeness (QED) is 0.292. The Kier molecular flexibility index (Phi) is 8.29. The van der Waals surface area contributed by atoms with Crippen LogP contribution in [0.3, 0.4) is 0 Å². The van der Waals surface area contributed by atoms with E-state index in [9.17, 15) is 0 Å². The summed E-state index contributed by atoms with van der Waals surface area (Å²) in [5.41, 5.74) is 4.61. The average molecular weight is 458 g/mol. The molecule has 2 aromatic rings. The molecule has 0 saturated carbocycles. The number of rotatable bonds is 9. The second-order valence-corrected chi connectivity index (χ2v) is 6.82. The van der Waals surface area contributed by atoms with Crippen LogP contribution in [0, 0.1) is 0 Å². The molecule has 0 unspecified atom stereocenters. The van der Waals surface area contributed by atoms with Gasteiger partial charge in [0, 0.05) is 15.6 Å². The molecule has 0 radical (unpaired) electrons. The van der Waals surface area contributed by atoms with E-state index in [1.807, 2.05) is 19.1 Å². The van der Waals surface area contributed by atoms with Crippen molar-refractivity contribution >= 4 is 45.3 Å². The Morgan fingerprint density at radius 2 is 1.96 bits per heavy atom. The van der Waals surface area contributed by atoms with E-state index in [2.05, 4.69) is 33.0 Å². The number of ether oxygens (including phenoxy) is 2. The number of hydrogen-bond donors (Lipinski definition) is 1. The van der Waals surface area contributed by atoms with Gasteiger partial charge < -0.3 is 14.9 Å². The Labute approximate surface area is 171 Å². The molecule has 0 spiro atoms. The van der Waals surface area contributed by atoms with E-state index in [0.29, 0.717) is 41.3 Å². The summed E-state index contributed by atoms with van der Waals surface area (Å²) in [4.78, 5) is 0. The molecular formula is C19H19BrCl2N2O2. The SMILES string of the molecule is C=CCOc1c(Br)cc(/C=N/NCc2c(Cl)cccc2Cl)cc1OCC. The third kappa shape index (κ3) is 5.66. The molecule has 0 fully saturated rings. The number of nitrogens with zero attached hydrogens (tertiary/aromatic N) is 1. The number of hydrogen-bond acceptors (Lipinski definition) is 4. The van der Waals surface area contributed by atoms with Crippen LogP contribution in [0.15, 0.2) is 52.6 Å². The minimum absolute atomic E-state index is 0.395. The molecule has 26 heavy (non-hydrogen) atoms. The summed E-state index contributed by atoms with van der Waals surface area (Å²) in [5, 5.41) is 5.43. The van der Waals surface area contributed by atoms with Gasteiger partial charge in [0.2, 0.25) is 0 Å². The van der Waals surface area contributed by atoms with Crippen LogP contribution in [0.5, 0.6) is 11.5 Å². The van der Waals surface area contributed by atoms with E-state index in [0.717, 1.165) is 15.6 Å². The van der Waals surface area contributed by atoms with Crippen LogP contribution in [0.4, 0.5) is 0 Å². The van der Waals surface area contributed by atoms with Crippen molar-refractivity contribution in [3.8, 4) is 11.5 Å². The molecule has 0 aliphatic rings. The molecule has 0 aromatic heterocycles. The average Bonchev–Trinajstić information content (AvgIpc) is 2.60. The predicted octanol–water partition coefficient (Wildman–Crippen LogP) is 5.84. The summed E-state index contributed by atoms with van der Waals surface area (Å²) >= 11 is 15.8. The molecule has 0 atom stereocenters. The van der Waals surface area contributed by atoms with Gasteiger partial charge in [0.25, 0.3) is 0 Å². The topological polar surface area (TPSA) is 42.8 Å². The number of benzene rings is 2. The van der Waals surface area contributed by atoms with Crippen molar-refractivity contribution in [1.29, 1.82) is 0 Å². The van der Waals surface area contributed by atoms with E-state index >= 15 is 0 Å². The van der Waals surface area contributed by atoms with Gasteiger partial charge in [-0.2, -0.15) is 5.10 Å². The third-order valence-corrected chi connectivity index (χ3v) is 4.60. The summed E-state index contributed by atoms with van der Waals surface area (Å²) in [7, 11) is 0. The van der Waals surface area contributed by atoms with Crippen LogP contribution in [0.25, 0.3) is 0 Å². The summed E-state index contributed by atoms with van der Waals surface area (Å²) in [5.74, 6) is 1.28. The molecule has 2 aromatic carbocycles. The Hall–Kier alpha value is -1.69. The van der Waals surface area contributed by atoms with Crippen LogP contribution in [-0.4, -0.2) is 19.4 Å². The van der Waals surface area contributed by atoms with Crippen LogP contribution < -0.4 is 14.9 Å².